The van der Waals surface area contributed by atoms with E-state index in [0.717, 1.165) is 30.2 Å². The Labute approximate surface area is 106 Å². The first-order chi connectivity index (χ1) is 8.65. The maximum atomic E-state index is 12.1. The van der Waals surface area contributed by atoms with Crippen molar-refractivity contribution >= 4 is 11.6 Å². The van der Waals surface area contributed by atoms with Crippen LogP contribution in [0.15, 0.2) is 29.3 Å². The third kappa shape index (κ3) is 1.43. The van der Waals surface area contributed by atoms with Crippen molar-refractivity contribution < 1.29 is 4.79 Å². The maximum Gasteiger partial charge on any atom is 0.272 e. The van der Waals surface area contributed by atoms with Gasteiger partial charge in [-0.25, -0.2) is 0 Å². The minimum absolute atomic E-state index is 0.000142. The van der Waals surface area contributed by atoms with Gasteiger partial charge in [-0.3, -0.25) is 9.79 Å². The molecule has 18 heavy (non-hydrogen) atoms. The zero-order valence-electron chi connectivity index (χ0n) is 10.4. The monoisotopic (exact) mass is 240 g/mol. The lowest BCUT2D eigenvalue weighted by Crippen LogP contribution is -2.41. The number of hydrogen-bond acceptors (Lipinski definition) is 2. The molecule has 1 spiro atoms. The van der Waals surface area contributed by atoms with Gasteiger partial charge in [-0.2, -0.15) is 0 Å². The van der Waals surface area contributed by atoms with Crippen molar-refractivity contribution in [3.05, 3.63) is 35.4 Å². The summed E-state index contributed by atoms with van der Waals surface area (Å²) in [5, 5.41) is 3.11. The van der Waals surface area contributed by atoms with E-state index in [9.17, 15) is 4.79 Å². The molecular weight excluding hydrogens is 224 g/mol. The highest BCUT2D eigenvalue weighted by Gasteiger charge is 2.56. The molecule has 2 atom stereocenters. The number of carbonyl (C=O) groups excluding carboxylic acids is 1. The van der Waals surface area contributed by atoms with Gasteiger partial charge in [0, 0.05) is 5.56 Å². The molecule has 3 nitrogen and oxygen atoms in total. The van der Waals surface area contributed by atoms with Gasteiger partial charge in [0.2, 0.25) is 0 Å². The smallest absolute Gasteiger partial charge is 0.272 e. The summed E-state index contributed by atoms with van der Waals surface area (Å²) in [7, 11) is 0. The van der Waals surface area contributed by atoms with Crippen LogP contribution in [0.25, 0.3) is 0 Å². The van der Waals surface area contributed by atoms with Crippen LogP contribution in [0.1, 0.15) is 30.4 Å². The lowest BCUT2D eigenvalue weighted by molar-refractivity contribution is -0.115. The SMILES string of the molecule is Cc1ccc(C2=NC3(CC4CC4C3)NC2=O)cc1. The van der Waals surface area contributed by atoms with E-state index < -0.39 is 0 Å². The molecule has 1 aromatic carbocycles. The number of amides is 1. The Morgan fingerprint density at radius 1 is 1.22 bits per heavy atom. The zero-order valence-corrected chi connectivity index (χ0v) is 10.4. The summed E-state index contributed by atoms with van der Waals surface area (Å²) in [5.74, 6) is 1.62. The first-order valence-corrected chi connectivity index (χ1v) is 6.65. The van der Waals surface area contributed by atoms with Crippen LogP contribution < -0.4 is 5.32 Å². The van der Waals surface area contributed by atoms with Gasteiger partial charge in [0.1, 0.15) is 11.4 Å². The van der Waals surface area contributed by atoms with E-state index >= 15 is 0 Å². The fraction of sp³-hybridized carbons (Fsp3) is 0.467. The summed E-state index contributed by atoms with van der Waals surface area (Å²) in [6.45, 7) is 2.05. The maximum absolute atomic E-state index is 12.1. The molecule has 1 N–H and O–H groups in total. The minimum Gasteiger partial charge on any atom is -0.326 e. The van der Waals surface area contributed by atoms with Gasteiger partial charge in [0.15, 0.2) is 0 Å². The fourth-order valence-corrected chi connectivity index (χ4v) is 3.42. The summed E-state index contributed by atoms with van der Waals surface area (Å²) in [5.41, 5.74) is 2.51. The Hall–Kier alpha value is -1.64. The molecule has 0 aromatic heterocycles. The molecule has 1 aromatic rings. The largest absolute Gasteiger partial charge is 0.326 e. The topological polar surface area (TPSA) is 41.5 Å². The molecule has 1 amide bonds. The van der Waals surface area contributed by atoms with Crippen LogP contribution in [0.4, 0.5) is 0 Å². The summed E-state index contributed by atoms with van der Waals surface area (Å²) < 4.78 is 0. The predicted molar refractivity (Wildman–Crippen MR) is 69.4 cm³/mol. The van der Waals surface area contributed by atoms with Gasteiger partial charge in [-0.1, -0.05) is 29.8 Å². The zero-order chi connectivity index (χ0) is 12.3. The molecule has 4 rings (SSSR count). The number of aliphatic imine (C=N–C) groups is 1. The highest BCUT2D eigenvalue weighted by Crippen LogP contribution is 2.57. The first-order valence-electron chi connectivity index (χ1n) is 6.65. The van der Waals surface area contributed by atoms with Gasteiger partial charge in [0.25, 0.3) is 5.91 Å². The number of rotatable bonds is 1. The number of fused-ring (bicyclic) bond motifs is 1. The van der Waals surface area contributed by atoms with Crippen LogP contribution in [0.5, 0.6) is 0 Å². The molecule has 92 valence electrons. The van der Waals surface area contributed by atoms with Crippen molar-refractivity contribution in [1.82, 2.24) is 5.32 Å². The number of carbonyl (C=O) groups is 1. The van der Waals surface area contributed by atoms with Crippen LogP contribution in [0.3, 0.4) is 0 Å². The molecule has 0 radical (unpaired) electrons. The van der Waals surface area contributed by atoms with Crippen LogP contribution in [-0.2, 0) is 4.79 Å². The second-order valence-electron chi connectivity index (χ2n) is 5.98. The molecular formula is C15H16N2O. The Kier molecular flexibility index (Phi) is 1.84. The normalized spacial score (nSPS) is 36.5. The number of nitrogens with zero attached hydrogens (tertiary/aromatic N) is 1. The fourth-order valence-electron chi connectivity index (χ4n) is 3.42. The van der Waals surface area contributed by atoms with Crippen LogP contribution >= 0.6 is 0 Å². The van der Waals surface area contributed by atoms with Crippen molar-refractivity contribution in [3.8, 4) is 0 Å². The lowest BCUT2D eigenvalue weighted by Gasteiger charge is -2.21. The third-order valence-corrected chi connectivity index (χ3v) is 4.48. The highest BCUT2D eigenvalue weighted by molar-refractivity contribution is 6.46. The lowest BCUT2D eigenvalue weighted by atomic mass is 10.1. The van der Waals surface area contributed by atoms with Crippen molar-refractivity contribution in [2.45, 2.75) is 31.8 Å². The second kappa shape index (κ2) is 3.22. The molecule has 3 aliphatic rings. The Morgan fingerprint density at radius 2 is 1.89 bits per heavy atom. The van der Waals surface area contributed by atoms with E-state index in [4.69, 9.17) is 4.99 Å². The average molecular weight is 240 g/mol. The van der Waals surface area contributed by atoms with E-state index in [-0.39, 0.29) is 11.6 Å². The Balaban J connectivity index is 1.69. The molecule has 0 saturated heterocycles. The van der Waals surface area contributed by atoms with E-state index in [0.29, 0.717) is 5.71 Å². The summed E-state index contributed by atoms with van der Waals surface area (Å²) >= 11 is 0. The van der Waals surface area contributed by atoms with Gasteiger partial charge in [-0.05, 0) is 38.0 Å². The van der Waals surface area contributed by atoms with E-state index in [1.54, 1.807) is 0 Å². The average Bonchev–Trinajstić information content (AvgIpc) is 2.83. The Morgan fingerprint density at radius 3 is 2.56 bits per heavy atom. The number of nitrogens with one attached hydrogen (secondary N) is 1. The minimum atomic E-state index is -0.259. The van der Waals surface area contributed by atoms with Crippen LogP contribution in [0, 0.1) is 18.8 Å². The van der Waals surface area contributed by atoms with Crippen LogP contribution in [-0.4, -0.2) is 17.3 Å². The second-order valence-corrected chi connectivity index (χ2v) is 5.98. The standard InChI is InChI=1S/C15H16N2O/c1-9-2-4-10(5-3-9)13-14(18)17-15(16-13)7-11-6-12(11)8-15/h2-5,11-12H,6-8H2,1H3,(H,17,18). The molecule has 2 saturated carbocycles. The number of benzene rings is 1. The number of aryl methyl sites for hydroxylation is 1. The molecule has 2 unspecified atom stereocenters. The van der Waals surface area contributed by atoms with Crippen molar-refractivity contribution in [2.75, 3.05) is 0 Å². The van der Waals surface area contributed by atoms with Crippen molar-refractivity contribution in [2.24, 2.45) is 16.8 Å². The number of hydrogen-bond donors (Lipinski definition) is 1. The van der Waals surface area contributed by atoms with Gasteiger partial charge >= 0.3 is 0 Å². The summed E-state index contributed by atoms with van der Waals surface area (Å²) in [6, 6.07) is 8.04. The van der Waals surface area contributed by atoms with E-state index in [1.165, 1.54) is 12.0 Å². The summed E-state index contributed by atoms with van der Waals surface area (Å²) in [6.07, 6.45) is 3.42. The van der Waals surface area contributed by atoms with Crippen molar-refractivity contribution in [3.63, 3.8) is 0 Å². The molecule has 2 aliphatic carbocycles. The predicted octanol–water partition coefficient (Wildman–Crippen LogP) is 2.04. The van der Waals surface area contributed by atoms with Gasteiger partial charge in [-0.15, -0.1) is 0 Å². The van der Waals surface area contributed by atoms with E-state index in [2.05, 4.69) is 5.32 Å². The summed E-state index contributed by atoms with van der Waals surface area (Å²) in [4.78, 5) is 16.8. The highest BCUT2D eigenvalue weighted by atomic mass is 16.2. The van der Waals surface area contributed by atoms with Gasteiger partial charge in [0.05, 0.1) is 0 Å². The van der Waals surface area contributed by atoms with Crippen LogP contribution in [0.2, 0.25) is 0 Å². The molecule has 1 aliphatic heterocycles. The Bertz CT molecular complexity index is 548. The molecule has 3 heteroatoms. The molecule has 0 bridgehead atoms. The molecule has 1 heterocycles. The quantitative estimate of drug-likeness (QED) is 0.802. The van der Waals surface area contributed by atoms with Crippen molar-refractivity contribution in [1.29, 1.82) is 0 Å². The third-order valence-electron chi connectivity index (χ3n) is 4.48. The first kappa shape index (κ1) is 10.3. The van der Waals surface area contributed by atoms with E-state index in [1.807, 2.05) is 31.2 Å². The molecule has 2 fully saturated rings. The van der Waals surface area contributed by atoms with Gasteiger partial charge < -0.3 is 5.32 Å².